The van der Waals surface area contributed by atoms with Crippen molar-refractivity contribution in [1.82, 2.24) is 9.97 Å². The van der Waals surface area contributed by atoms with Crippen molar-refractivity contribution in [3.05, 3.63) is 40.4 Å². The van der Waals surface area contributed by atoms with Gasteiger partial charge in [-0.3, -0.25) is 0 Å². The molecular weight excluding hydrogens is 364 g/mol. The molecule has 6 nitrogen and oxygen atoms in total. The van der Waals surface area contributed by atoms with Gasteiger partial charge in [-0.05, 0) is 44.5 Å². The van der Waals surface area contributed by atoms with E-state index in [-0.39, 0.29) is 5.97 Å². The average Bonchev–Trinajstić information content (AvgIpc) is 3.26. The van der Waals surface area contributed by atoms with Crippen LogP contribution >= 0.6 is 11.3 Å². The van der Waals surface area contributed by atoms with Gasteiger partial charge in [-0.15, -0.1) is 11.3 Å². The summed E-state index contributed by atoms with van der Waals surface area (Å²) >= 11 is 1.53. The van der Waals surface area contributed by atoms with E-state index in [0.717, 1.165) is 33.2 Å². The predicted octanol–water partition coefficient (Wildman–Crippen LogP) is 4.62. The molecule has 0 bridgehead atoms. The number of hydrogen-bond acceptors (Lipinski definition) is 6. The van der Waals surface area contributed by atoms with Gasteiger partial charge in [0.2, 0.25) is 0 Å². The lowest BCUT2D eigenvalue weighted by Gasteiger charge is -2.09. The van der Waals surface area contributed by atoms with Crippen LogP contribution in [0.25, 0.3) is 22.0 Å². The average molecular weight is 386 g/mol. The molecule has 1 aromatic carbocycles. The van der Waals surface area contributed by atoms with Crippen molar-refractivity contribution in [2.75, 3.05) is 20.8 Å². The minimum atomic E-state index is -0.348. The molecule has 0 saturated carbocycles. The minimum absolute atomic E-state index is 0.348. The second-order valence-corrected chi connectivity index (χ2v) is 6.81. The number of aromatic amines is 1. The number of nitrogens with one attached hydrogen (secondary N) is 1. The number of carbonyl (C=O) groups excluding carboxylic acids is 1. The zero-order valence-corrected chi connectivity index (χ0v) is 16.8. The highest BCUT2D eigenvalue weighted by Gasteiger charge is 2.21. The fourth-order valence-electron chi connectivity index (χ4n) is 3.01. The second kappa shape index (κ2) is 7.84. The number of benzene rings is 1. The second-order valence-electron chi connectivity index (χ2n) is 5.95. The van der Waals surface area contributed by atoms with E-state index in [1.54, 1.807) is 7.11 Å². The maximum absolute atomic E-state index is 12.0. The van der Waals surface area contributed by atoms with Gasteiger partial charge in [0.25, 0.3) is 0 Å². The Bertz CT molecular complexity index is 975. The van der Waals surface area contributed by atoms with E-state index in [9.17, 15) is 4.79 Å². The van der Waals surface area contributed by atoms with Gasteiger partial charge < -0.3 is 19.2 Å². The maximum atomic E-state index is 12.0. The highest BCUT2D eigenvalue weighted by Crippen LogP contribution is 2.36. The van der Waals surface area contributed by atoms with Crippen LogP contribution in [0.1, 0.15) is 28.5 Å². The van der Waals surface area contributed by atoms with Crippen LogP contribution in [0, 0.1) is 13.8 Å². The van der Waals surface area contributed by atoms with Crippen LogP contribution in [0.2, 0.25) is 0 Å². The normalized spacial score (nSPS) is 10.7. The molecule has 1 N–H and O–H groups in total. The van der Waals surface area contributed by atoms with E-state index in [4.69, 9.17) is 19.2 Å². The van der Waals surface area contributed by atoms with Crippen LogP contribution in [-0.4, -0.2) is 36.8 Å². The molecule has 2 aromatic heterocycles. The molecule has 0 fully saturated rings. The molecule has 2 heterocycles. The van der Waals surface area contributed by atoms with E-state index in [1.165, 1.54) is 18.4 Å². The van der Waals surface area contributed by atoms with Gasteiger partial charge in [0.05, 0.1) is 37.8 Å². The Morgan fingerprint density at radius 1 is 1.22 bits per heavy atom. The first-order valence-corrected chi connectivity index (χ1v) is 9.42. The molecule has 0 unspecified atom stereocenters. The van der Waals surface area contributed by atoms with E-state index in [2.05, 4.69) is 4.98 Å². The van der Waals surface area contributed by atoms with Crippen LogP contribution < -0.4 is 9.47 Å². The van der Waals surface area contributed by atoms with Crippen molar-refractivity contribution in [3.63, 3.8) is 0 Å². The van der Waals surface area contributed by atoms with Gasteiger partial charge in [0, 0.05) is 16.6 Å². The monoisotopic (exact) mass is 386 g/mol. The lowest BCUT2D eigenvalue weighted by Crippen LogP contribution is -2.03. The summed E-state index contributed by atoms with van der Waals surface area (Å²) in [7, 11) is 3.00. The largest absolute Gasteiger partial charge is 0.493 e. The summed E-state index contributed by atoms with van der Waals surface area (Å²) in [5, 5.41) is 2.83. The summed E-state index contributed by atoms with van der Waals surface area (Å²) < 4.78 is 15.9. The summed E-state index contributed by atoms with van der Waals surface area (Å²) in [6.07, 6.45) is 0. The highest BCUT2D eigenvalue weighted by atomic mass is 32.1. The third-order valence-corrected chi connectivity index (χ3v) is 5.19. The van der Waals surface area contributed by atoms with E-state index < -0.39 is 0 Å². The predicted molar refractivity (Wildman–Crippen MR) is 106 cm³/mol. The minimum Gasteiger partial charge on any atom is -0.493 e. The molecule has 0 saturated heterocycles. The quantitative estimate of drug-likeness (QED) is 0.626. The number of aryl methyl sites for hydroxylation is 1. The molecule has 3 rings (SSSR count). The van der Waals surface area contributed by atoms with Gasteiger partial charge >= 0.3 is 5.97 Å². The van der Waals surface area contributed by atoms with Crippen LogP contribution in [0.4, 0.5) is 0 Å². The zero-order chi connectivity index (χ0) is 19.6. The van der Waals surface area contributed by atoms with Crippen molar-refractivity contribution in [1.29, 1.82) is 0 Å². The van der Waals surface area contributed by atoms with Crippen LogP contribution in [0.5, 0.6) is 11.5 Å². The number of H-pyrrole nitrogens is 1. The molecule has 0 spiro atoms. The van der Waals surface area contributed by atoms with E-state index >= 15 is 0 Å². The Morgan fingerprint density at radius 2 is 2.00 bits per heavy atom. The zero-order valence-electron chi connectivity index (χ0n) is 16.0. The van der Waals surface area contributed by atoms with Crippen LogP contribution in [-0.2, 0) is 4.74 Å². The van der Waals surface area contributed by atoms with Crippen molar-refractivity contribution in [2.24, 2.45) is 0 Å². The number of aromatic nitrogens is 2. The first-order valence-electron chi connectivity index (χ1n) is 8.54. The fraction of sp³-hybridized carbons (Fsp3) is 0.300. The summed E-state index contributed by atoms with van der Waals surface area (Å²) in [5.41, 5.74) is 4.73. The van der Waals surface area contributed by atoms with Gasteiger partial charge in [-0.25, -0.2) is 9.78 Å². The smallest absolute Gasteiger partial charge is 0.339 e. The highest BCUT2D eigenvalue weighted by molar-refractivity contribution is 7.13. The number of nitrogens with zero attached hydrogens (tertiary/aromatic N) is 1. The number of thiazole rings is 1. The lowest BCUT2D eigenvalue weighted by atomic mass is 10.1. The number of carbonyl (C=O) groups is 1. The standard InChI is InChI=1S/C20H22N2O4S/c1-6-26-15-8-7-13(9-16(15)24-4)19-22-14(10-27-19)18-11(2)17(12(3)21-18)20(23)25-5/h7-10,21H,6H2,1-5H3. The van der Waals surface area contributed by atoms with Crippen LogP contribution in [0.15, 0.2) is 23.6 Å². The Morgan fingerprint density at radius 3 is 2.67 bits per heavy atom. The van der Waals surface area contributed by atoms with Crippen molar-refractivity contribution in [3.8, 4) is 33.5 Å². The Hall–Kier alpha value is -2.80. The summed E-state index contributed by atoms with van der Waals surface area (Å²) in [4.78, 5) is 20.0. The number of esters is 1. The van der Waals surface area contributed by atoms with E-state index in [1.807, 2.05) is 44.4 Å². The number of methoxy groups -OCH3 is 2. The molecule has 0 aliphatic carbocycles. The summed E-state index contributed by atoms with van der Waals surface area (Å²) in [6, 6.07) is 5.77. The SMILES string of the molecule is CCOc1ccc(-c2nc(-c3[nH]c(C)c(C(=O)OC)c3C)cs2)cc1OC. The third kappa shape index (κ3) is 3.55. The molecule has 0 atom stereocenters. The van der Waals surface area contributed by atoms with Gasteiger partial charge in [-0.2, -0.15) is 0 Å². The van der Waals surface area contributed by atoms with E-state index in [0.29, 0.717) is 23.7 Å². The molecule has 142 valence electrons. The Balaban J connectivity index is 1.97. The first-order chi connectivity index (χ1) is 13.0. The number of ether oxygens (including phenoxy) is 3. The number of rotatable bonds is 6. The third-order valence-electron chi connectivity index (χ3n) is 4.30. The first kappa shape index (κ1) is 19.0. The summed E-state index contributed by atoms with van der Waals surface area (Å²) in [5.74, 6) is 1.03. The number of hydrogen-bond donors (Lipinski definition) is 1. The fourth-order valence-corrected chi connectivity index (χ4v) is 3.82. The van der Waals surface area contributed by atoms with Crippen molar-refractivity contribution < 1.29 is 19.0 Å². The lowest BCUT2D eigenvalue weighted by molar-refractivity contribution is 0.0599. The maximum Gasteiger partial charge on any atom is 0.339 e. The van der Waals surface area contributed by atoms with Gasteiger partial charge in [0.15, 0.2) is 11.5 Å². The molecule has 0 aliphatic rings. The molecule has 0 amide bonds. The molecule has 7 heteroatoms. The molecule has 0 radical (unpaired) electrons. The molecule has 3 aromatic rings. The molecule has 27 heavy (non-hydrogen) atoms. The molecular formula is C20H22N2O4S. The van der Waals surface area contributed by atoms with Crippen molar-refractivity contribution in [2.45, 2.75) is 20.8 Å². The Kier molecular flexibility index (Phi) is 5.51. The van der Waals surface area contributed by atoms with Gasteiger partial charge in [-0.1, -0.05) is 0 Å². The van der Waals surface area contributed by atoms with Gasteiger partial charge in [0.1, 0.15) is 5.01 Å². The Labute approximate surface area is 162 Å². The summed E-state index contributed by atoms with van der Waals surface area (Å²) in [6.45, 7) is 6.26. The van der Waals surface area contributed by atoms with Crippen molar-refractivity contribution >= 4 is 17.3 Å². The topological polar surface area (TPSA) is 73.4 Å². The van der Waals surface area contributed by atoms with Crippen LogP contribution in [0.3, 0.4) is 0 Å². The molecule has 0 aliphatic heterocycles.